The highest BCUT2D eigenvalue weighted by atomic mass is 16.1. The number of carbonyl (C=O) groups excluding carboxylic acids is 1. The lowest BCUT2D eigenvalue weighted by Gasteiger charge is -2.11. The lowest BCUT2D eigenvalue weighted by atomic mass is 9.95. The van der Waals surface area contributed by atoms with E-state index in [1.165, 1.54) is 22.3 Å². The zero-order chi connectivity index (χ0) is 24.5. The minimum absolute atomic E-state index is 0.0909. The van der Waals surface area contributed by atoms with E-state index in [1.807, 2.05) is 30.3 Å². The summed E-state index contributed by atoms with van der Waals surface area (Å²) in [5.74, 6) is 0.441. The topological polar surface area (TPSA) is 54.9 Å². The number of benzene rings is 1. The maximum absolute atomic E-state index is 12.6. The van der Waals surface area contributed by atoms with Crippen molar-refractivity contribution in [3.05, 3.63) is 107 Å². The Hall–Kier alpha value is -3.79. The van der Waals surface area contributed by atoms with E-state index in [0.29, 0.717) is 12.2 Å². The molecule has 2 heterocycles. The Morgan fingerprint density at radius 2 is 1.82 bits per heavy atom. The van der Waals surface area contributed by atoms with Crippen molar-refractivity contribution in [1.29, 1.82) is 0 Å². The molecule has 0 radical (unpaired) electrons. The maximum Gasteiger partial charge on any atom is 0.229 e. The van der Waals surface area contributed by atoms with E-state index < -0.39 is 0 Å². The molecule has 4 heteroatoms. The fourth-order valence-electron chi connectivity index (χ4n) is 3.56. The fourth-order valence-corrected chi connectivity index (χ4v) is 3.56. The van der Waals surface area contributed by atoms with Crippen LogP contribution >= 0.6 is 0 Å². The summed E-state index contributed by atoms with van der Waals surface area (Å²) >= 11 is 0. The third kappa shape index (κ3) is 7.11. The molecule has 34 heavy (non-hydrogen) atoms. The second kappa shape index (κ2) is 11.9. The molecule has 0 bridgehead atoms. The molecule has 1 N–H and O–H groups in total. The van der Waals surface area contributed by atoms with Crippen molar-refractivity contribution in [3.63, 3.8) is 0 Å². The average Bonchev–Trinajstić information content (AvgIpc) is 2.82. The minimum atomic E-state index is -0.0909. The van der Waals surface area contributed by atoms with Crippen LogP contribution in [0.25, 0.3) is 16.8 Å². The van der Waals surface area contributed by atoms with Crippen LogP contribution in [-0.2, 0) is 11.2 Å². The van der Waals surface area contributed by atoms with Gasteiger partial charge >= 0.3 is 0 Å². The molecule has 3 aromatic rings. The quantitative estimate of drug-likeness (QED) is 0.365. The Balaban J connectivity index is 1.71. The number of aryl methyl sites for hydroxylation is 1. The summed E-state index contributed by atoms with van der Waals surface area (Å²) in [6.07, 6.45) is 11.4. The third-order valence-electron chi connectivity index (χ3n) is 5.51. The first-order valence-electron chi connectivity index (χ1n) is 11.6. The lowest BCUT2D eigenvalue weighted by molar-refractivity contribution is -0.115. The molecule has 1 aromatic carbocycles. The predicted molar refractivity (Wildman–Crippen MR) is 142 cm³/mol. The molecule has 0 saturated heterocycles. The first-order valence-corrected chi connectivity index (χ1v) is 11.6. The number of carbonyl (C=O) groups is 1. The molecule has 0 atom stereocenters. The normalized spacial score (nSPS) is 11.8. The van der Waals surface area contributed by atoms with E-state index in [9.17, 15) is 4.79 Å². The monoisotopic (exact) mass is 451 g/mol. The zero-order valence-electron chi connectivity index (χ0n) is 20.7. The molecular formula is C30H33N3O. The van der Waals surface area contributed by atoms with Crippen molar-refractivity contribution in [3.8, 4) is 11.3 Å². The Kier molecular flexibility index (Phi) is 8.69. The van der Waals surface area contributed by atoms with E-state index >= 15 is 0 Å². The Labute approximate surface area is 203 Å². The van der Waals surface area contributed by atoms with Crippen molar-refractivity contribution in [1.82, 2.24) is 9.97 Å². The lowest BCUT2D eigenvalue weighted by Crippen LogP contribution is -2.15. The maximum atomic E-state index is 12.6. The first kappa shape index (κ1) is 24.8. The van der Waals surface area contributed by atoms with Gasteiger partial charge in [-0.3, -0.25) is 9.78 Å². The summed E-state index contributed by atoms with van der Waals surface area (Å²) in [6.45, 7) is 10.6. The number of pyridine rings is 2. The molecule has 0 unspecified atom stereocenters. The van der Waals surface area contributed by atoms with Gasteiger partial charge in [-0.05, 0) is 80.6 Å². The van der Waals surface area contributed by atoms with E-state index in [-0.39, 0.29) is 5.91 Å². The number of hydrogen-bond acceptors (Lipinski definition) is 3. The Bertz CT molecular complexity index is 1220. The van der Waals surface area contributed by atoms with Crippen LogP contribution < -0.4 is 5.32 Å². The molecule has 0 aliphatic heterocycles. The average molecular weight is 452 g/mol. The third-order valence-corrected chi connectivity index (χ3v) is 5.51. The van der Waals surface area contributed by atoms with Crippen molar-refractivity contribution in [2.24, 2.45) is 0 Å². The van der Waals surface area contributed by atoms with Crippen LogP contribution in [0, 0.1) is 6.92 Å². The molecule has 0 fully saturated rings. The van der Waals surface area contributed by atoms with Crippen LogP contribution in [-0.4, -0.2) is 15.9 Å². The van der Waals surface area contributed by atoms with Gasteiger partial charge in [0.1, 0.15) is 5.82 Å². The molecular weight excluding hydrogens is 418 g/mol. The van der Waals surface area contributed by atoms with E-state index in [4.69, 9.17) is 0 Å². The van der Waals surface area contributed by atoms with Crippen molar-refractivity contribution >= 4 is 17.3 Å². The van der Waals surface area contributed by atoms with Gasteiger partial charge in [-0.25, -0.2) is 4.98 Å². The zero-order valence-corrected chi connectivity index (χ0v) is 20.7. The number of allylic oxidation sites excluding steroid dienone is 6. The molecule has 0 aliphatic carbocycles. The fraction of sp³-hybridized carbons (Fsp3) is 0.233. The van der Waals surface area contributed by atoms with Gasteiger partial charge in [0, 0.05) is 18.0 Å². The largest absolute Gasteiger partial charge is 0.310 e. The van der Waals surface area contributed by atoms with Gasteiger partial charge in [-0.15, -0.1) is 0 Å². The smallest absolute Gasteiger partial charge is 0.229 e. The first-order chi connectivity index (χ1) is 16.4. The second-order valence-electron chi connectivity index (χ2n) is 8.73. The van der Waals surface area contributed by atoms with E-state index in [0.717, 1.165) is 28.8 Å². The van der Waals surface area contributed by atoms with Gasteiger partial charge in [0.05, 0.1) is 12.1 Å². The highest BCUT2D eigenvalue weighted by molar-refractivity contribution is 5.91. The molecule has 0 aliphatic rings. The van der Waals surface area contributed by atoms with E-state index in [2.05, 4.69) is 80.3 Å². The SMILES string of the molecule is CC/C(C)=C/C=C(\C=C(C)C)c1ccc(CC(=O)Nc2ccc(-c3ccccn3)cn2)cc1C. The summed E-state index contributed by atoms with van der Waals surface area (Å²) in [6, 6.07) is 15.7. The summed E-state index contributed by atoms with van der Waals surface area (Å²) in [7, 11) is 0. The van der Waals surface area contributed by atoms with Gasteiger partial charge in [0.2, 0.25) is 5.91 Å². The van der Waals surface area contributed by atoms with Crippen molar-refractivity contribution in [2.75, 3.05) is 5.32 Å². The van der Waals surface area contributed by atoms with Gasteiger partial charge in [0.25, 0.3) is 0 Å². The number of amides is 1. The highest BCUT2D eigenvalue weighted by Crippen LogP contribution is 2.24. The van der Waals surface area contributed by atoms with Gasteiger partial charge in [0.15, 0.2) is 0 Å². The second-order valence-corrected chi connectivity index (χ2v) is 8.73. The summed E-state index contributed by atoms with van der Waals surface area (Å²) in [4.78, 5) is 21.3. The number of rotatable bonds is 8. The number of aromatic nitrogens is 2. The number of nitrogens with zero attached hydrogens (tertiary/aromatic N) is 2. The molecule has 0 spiro atoms. The number of anilines is 1. The van der Waals surface area contributed by atoms with Crippen molar-refractivity contribution in [2.45, 2.75) is 47.5 Å². The molecule has 0 saturated carbocycles. The van der Waals surface area contributed by atoms with Crippen LogP contribution in [0.3, 0.4) is 0 Å². The summed E-state index contributed by atoms with van der Waals surface area (Å²) < 4.78 is 0. The van der Waals surface area contributed by atoms with Crippen LogP contribution in [0.5, 0.6) is 0 Å². The molecule has 4 nitrogen and oxygen atoms in total. The van der Waals surface area contributed by atoms with Gasteiger partial charge in [-0.2, -0.15) is 0 Å². The number of hydrogen-bond donors (Lipinski definition) is 1. The summed E-state index contributed by atoms with van der Waals surface area (Å²) in [5.41, 5.74) is 8.83. The van der Waals surface area contributed by atoms with Gasteiger partial charge in [-0.1, -0.05) is 60.6 Å². The minimum Gasteiger partial charge on any atom is -0.310 e. The Morgan fingerprint density at radius 3 is 2.44 bits per heavy atom. The van der Waals surface area contributed by atoms with Crippen LogP contribution in [0.4, 0.5) is 5.82 Å². The standard InChI is InChI=1S/C30H33N3O/c1-6-22(4)10-12-25(17-21(2)3)27-14-11-24(18-23(27)5)19-30(34)33-29-15-13-26(20-32-29)28-9-7-8-16-31-28/h7-18,20H,6,19H2,1-5H3,(H,32,33,34)/b22-10+,25-12+. The molecule has 3 rings (SSSR count). The predicted octanol–water partition coefficient (Wildman–Crippen LogP) is 7.34. The summed E-state index contributed by atoms with van der Waals surface area (Å²) in [5, 5.41) is 2.89. The van der Waals surface area contributed by atoms with Crippen LogP contribution in [0.15, 0.2) is 90.3 Å². The number of nitrogens with one attached hydrogen (secondary N) is 1. The molecule has 1 amide bonds. The van der Waals surface area contributed by atoms with Gasteiger partial charge < -0.3 is 5.32 Å². The molecule has 174 valence electrons. The highest BCUT2D eigenvalue weighted by Gasteiger charge is 2.09. The van der Waals surface area contributed by atoms with E-state index in [1.54, 1.807) is 18.5 Å². The van der Waals surface area contributed by atoms with Crippen molar-refractivity contribution < 1.29 is 4.79 Å². The van der Waals surface area contributed by atoms with Crippen LogP contribution in [0.2, 0.25) is 0 Å². The molecule has 2 aromatic heterocycles. The Morgan fingerprint density at radius 1 is 1.00 bits per heavy atom. The van der Waals surface area contributed by atoms with Crippen LogP contribution in [0.1, 0.15) is 50.8 Å².